The third-order valence-electron chi connectivity index (χ3n) is 4.23. The van der Waals surface area contributed by atoms with Crippen LogP contribution in [0.2, 0.25) is 0 Å². The van der Waals surface area contributed by atoms with Gasteiger partial charge in [0.05, 0.1) is 5.56 Å². The van der Waals surface area contributed by atoms with Gasteiger partial charge in [-0.05, 0) is 44.2 Å². The number of pyridine rings is 1. The molecule has 19 heavy (non-hydrogen) atoms. The van der Waals surface area contributed by atoms with E-state index in [2.05, 4.69) is 30.1 Å². The number of aryl methyl sites for hydroxylation is 1. The van der Waals surface area contributed by atoms with Crippen LogP contribution in [0.4, 0.5) is 5.82 Å². The van der Waals surface area contributed by atoms with Gasteiger partial charge >= 0.3 is 0 Å². The summed E-state index contributed by atoms with van der Waals surface area (Å²) in [5.74, 6) is 0.911. The maximum absolute atomic E-state index is 9.54. The molecule has 3 rings (SSSR count). The van der Waals surface area contributed by atoms with E-state index in [1.165, 1.54) is 11.1 Å². The van der Waals surface area contributed by atoms with Gasteiger partial charge < -0.3 is 10.2 Å². The van der Waals surface area contributed by atoms with E-state index in [-0.39, 0.29) is 0 Å². The van der Waals surface area contributed by atoms with Crippen molar-refractivity contribution in [3.8, 4) is 6.07 Å². The Morgan fingerprint density at radius 1 is 1.37 bits per heavy atom. The van der Waals surface area contributed by atoms with E-state index in [0.29, 0.717) is 6.04 Å². The van der Waals surface area contributed by atoms with Crippen LogP contribution < -0.4 is 10.2 Å². The van der Waals surface area contributed by atoms with Gasteiger partial charge in [-0.15, -0.1) is 0 Å². The fourth-order valence-corrected chi connectivity index (χ4v) is 3.31. The molecule has 0 radical (unpaired) electrons. The summed E-state index contributed by atoms with van der Waals surface area (Å²) in [6.07, 6.45) is 3.28. The quantitative estimate of drug-likeness (QED) is 0.828. The maximum atomic E-state index is 9.54. The summed E-state index contributed by atoms with van der Waals surface area (Å²) in [4.78, 5) is 7.02. The minimum Gasteiger partial charge on any atom is -0.353 e. The number of hydrogen-bond acceptors (Lipinski definition) is 4. The Kier molecular flexibility index (Phi) is 3.16. The number of fused-ring (bicyclic) bond motifs is 1. The lowest BCUT2D eigenvalue weighted by Gasteiger charge is -2.33. The second-order valence-corrected chi connectivity index (χ2v) is 5.62. The van der Waals surface area contributed by atoms with E-state index >= 15 is 0 Å². The van der Waals surface area contributed by atoms with E-state index < -0.39 is 0 Å². The molecule has 1 unspecified atom stereocenters. The number of nitrogens with zero attached hydrogens (tertiary/aromatic N) is 3. The van der Waals surface area contributed by atoms with E-state index in [1.807, 2.05) is 0 Å². The zero-order valence-electron chi connectivity index (χ0n) is 11.7. The molecule has 1 fully saturated rings. The van der Waals surface area contributed by atoms with Crippen LogP contribution in [-0.2, 0) is 12.8 Å². The van der Waals surface area contributed by atoms with Crippen molar-refractivity contribution in [1.29, 1.82) is 5.26 Å². The highest BCUT2D eigenvalue weighted by molar-refractivity contribution is 5.62. The van der Waals surface area contributed by atoms with Crippen LogP contribution in [0.25, 0.3) is 0 Å². The molecule has 1 aromatic rings. The van der Waals surface area contributed by atoms with Crippen molar-refractivity contribution in [2.75, 3.05) is 24.5 Å². The summed E-state index contributed by atoms with van der Waals surface area (Å²) in [5, 5.41) is 13.0. The molecule has 2 heterocycles. The van der Waals surface area contributed by atoms with Crippen molar-refractivity contribution in [1.82, 2.24) is 10.3 Å². The van der Waals surface area contributed by atoms with Gasteiger partial charge in [0, 0.05) is 31.4 Å². The van der Waals surface area contributed by atoms with Crippen molar-refractivity contribution in [2.45, 2.75) is 39.2 Å². The second kappa shape index (κ2) is 4.82. The normalized spacial score (nSPS) is 22.2. The topological polar surface area (TPSA) is 52.0 Å². The Labute approximate surface area is 114 Å². The van der Waals surface area contributed by atoms with Gasteiger partial charge in [0.2, 0.25) is 0 Å². The van der Waals surface area contributed by atoms with Crippen molar-refractivity contribution in [3.63, 3.8) is 0 Å². The molecule has 1 aliphatic carbocycles. The lowest BCUT2D eigenvalue weighted by Crippen LogP contribution is -2.49. The summed E-state index contributed by atoms with van der Waals surface area (Å²) in [7, 11) is 0. The summed E-state index contributed by atoms with van der Waals surface area (Å²) in [6.45, 7) is 7.09. The average molecular weight is 256 g/mol. The van der Waals surface area contributed by atoms with Gasteiger partial charge in [-0.2, -0.15) is 5.26 Å². The van der Waals surface area contributed by atoms with Crippen molar-refractivity contribution in [3.05, 3.63) is 22.4 Å². The molecule has 0 saturated carbocycles. The van der Waals surface area contributed by atoms with Gasteiger partial charge in [-0.3, -0.25) is 0 Å². The summed E-state index contributed by atoms with van der Waals surface area (Å²) in [5.41, 5.74) is 4.53. The molecule has 1 atom stereocenters. The van der Waals surface area contributed by atoms with Crippen LogP contribution in [0, 0.1) is 18.3 Å². The second-order valence-electron chi connectivity index (χ2n) is 5.62. The van der Waals surface area contributed by atoms with Crippen molar-refractivity contribution >= 4 is 5.82 Å². The first-order chi connectivity index (χ1) is 9.20. The fourth-order valence-electron chi connectivity index (χ4n) is 3.31. The third kappa shape index (κ3) is 2.08. The molecule has 1 saturated heterocycles. The highest BCUT2D eigenvalue weighted by atomic mass is 15.2. The largest absolute Gasteiger partial charge is 0.353 e. The van der Waals surface area contributed by atoms with Crippen LogP contribution in [0.1, 0.15) is 35.7 Å². The highest BCUT2D eigenvalue weighted by Gasteiger charge is 2.26. The number of nitriles is 1. The lowest BCUT2D eigenvalue weighted by atomic mass is 10.0. The molecule has 2 aliphatic rings. The molecule has 0 spiro atoms. The Bertz CT molecular complexity index is 544. The van der Waals surface area contributed by atoms with Crippen LogP contribution >= 0.6 is 0 Å². The van der Waals surface area contributed by atoms with Crippen LogP contribution in [0.15, 0.2) is 0 Å². The first-order valence-electron chi connectivity index (χ1n) is 7.11. The summed E-state index contributed by atoms with van der Waals surface area (Å²) < 4.78 is 0. The fraction of sp³-hybridized carbons (Fsp3) is 0.600. The van der Waals surface area contributed by atoms with Gasteiger partial charge in [-0.25, -0.2) is 4.98 Å². The molecular weight excluding hydrogens is 236 g/mol. The molecule has 4 nitrogen and oxygen atoms in total. The Morgan fingerprint density at radius 3 is 2.89 bits per heavy atom. The Balaban J connectivity index is 2.06. The standard InChI is InChI=1S/C15H20N4/c1-10-9-19(7-6-17-10)15-14(8-16)13-5-3-4-12(13)11(2)18-15/h10,17H,3-7,9H2,1-2H3. The minimum atomic E-state index is 0.454. The number of aromatic nitrogens is 1. The summed E-state index contributed by atoms with van der Waals surface area (Å²) in [6, 6.07) is 2.87. The number of nitrogens with one attached hydrogen (secondary N) is 1. The predicted molar refractivity (Wildman–Crippen MR) is 75.4 cm³/mol. The Morgan fingerprint density at radius 2 is 2.16 bits per heavy atom. The number of piperazine rings is 1. The van der Waals surface area contributed by atoms with E-state index in [1.54, 1.807) is 0 Å². The average Bonchev–Trinajstić information content (AvgIpc) is 2.88. The molecule has 100 valence electrons. The zero-order chi connectivity index (χ0) is 13.4. The lowest BCUT2D eigenvalue weighted by molar-refractivity contribution is 0.482. The molecule has 1 aliphatic heterocycles. The van der Waals surface area contributed by atoms with Crippen LogP contribution in [0.5, 0.6) is 0 Å². The minimum absolute atomic E-state index is 0.454. The summed E-state index contributed by atoms with van der Waals surface area (Å²) >= 11 is 0. The molecule has 0 amide bonds. The van der Waals surface area contributed by atoms with E-state index in [4.69, 9.17) is 4.98 Å². The van der Waals surface area contributed by atoms with Gasteiger partial charge in [0.25, 0.3) is 0 Å². The molecule has 1 N–H and O–H groups in total. The smallest absolute Gasteiger partial charge is 0.147 e. The SMILES string of the molecule is Cc1nc(N2CCNC(C)C2)c(C#N)c2c1CCC2. The maximum Gasteiger partial charge on any atom is 0.147 e. The molecule has 4 heteroatoms. The van der Waals surface area contributed by atoms with Gasteiger partial charge in [0.15, 0.2) is 0 Å². The first kappa shape index (κ1) is 12.4. The molecule has 1 aromatic heterocycles. The van der Waals surface area contributed by atoms with Gasteiger partial charge in [-0.1, -0.05) is 0 Å². The van der Waals surface area contributed by atoms with E-state index in [9.17, 15) is 5.26 Å². The number of anilines is 1. The molecule has 0 bridgehead atoms. The van der Waals surface area contributed by atoms with E-state index in [0.717, 1.165) is 56.0 Å². The number of hydrogen-bond donors (Lipinski definition) is 1. The van der Waals surface area contributed by atoms with Crippen LogP contribution in [-0.4, -0.2) is 30.7 Å². The first-order valence-corrected chi connectivity index (χ1v) is 7.11. The zero-order valence-corrected chi connectivity index (χ0v) is 11.7. The number of rotatable bonds is 1. The Hall–Kier alpha value is -1.60. The molecule has 0 aromatic carbocycles. The van der Waals surface area contributed by atoms with Crippen LogP contribution in [0.3, 0.4) is 0 Å². The van der Waals surface area contributed by atoms with Crippen molar-refractivity contribution in [2.24, 2.45) is 0 Å². The predicted octanol–water partition coefficient (Wildman–Crippen LogP) is 1.55. The molecular formula is C15H20N4. The van der Waals surface area contributed by atoms with Gasteiger partial charge in [0.1, 0.15) is 11.9 Å². The van der Waals surface area contributed by atoms with Crippen molar-refractivity contribution < 1.29 is 0 Å². The third-order valence-corrected chi connectivity index (χ3v) is 4.23. The highest BCUT2D eigenvalue weighted by Crippen LogP contribution is 2.32. The monoisotopic (exact) mass is 256 g/mol.